The second-order valence-corrected chi connectivity index (χ2v) is 7.84. The van der Waals surface area contributed by atoms with Crippen molar-refractivity contribution in [3.05, 3.63) is 70.7 Å². The lowest BCUT2D eigenvalue weighted by atomic mass is 10.0. The number of pyridine rings is 1. The van der Waals surface area contributed by atoms with Gasteiger partial charge in [0.15, 0.2) is 17.3 Å². The van der Waals surface area contributed by atoms with Crippen LogP contribution in [-0.2, 0) is 13.5 Å². The highest BCUT2D eigenvalue weighted by molar-refractivity contribution is 5.74. The molecule has 2 bridgehead atoms. The Morgan fingerprint density at radius 1 is 1.25 bits per heavy atom. The fourth-order valence-corrected chi connectivity index (χ4v) is 4.19. The number of hydrogen-bond acceptors (Lipinski definition) is 6. The molecule has 1 aliphatic heterocycles. The van der Waals surface area contributed by atoms with Crippen LogP contribution in [0.1, 0.15) is 41.4 Å². The molecule has 1 atom stereocenters. The largest absolute Gasteiger partial charge is 0.482 e. The van der Waals surface area contributed by atoms with Crippen LogP contribution in [0, 0.1) is 24.1 Å². The molecule has 1 aromatic carbocycles. The summed E-state index contributed by atoms with van der Waals surface area (Å²) in [6.45, 7) is 3.72. The average molecular weight is 429 g/mol. The van der Waals surface area contributed by atoms with Crippen molar-refractivity contribution in [1.29, 1.82) is 5.26 Å². The third-order valence-corrected chi connectivity index (χ3v) is 5.66. The van der Waals surface area contributed by atoms with Crippen LogP contribution < -0.4 is 10.5 Å². The van der Waals surface area contributed by atoms with Gasteiger partial charge in [0.05, 0.1) is 22.8 Å². The van der Waals surface area contributed by atoms with E-state index in [1.165, 1.54) is 12.1 Å². The molecular formula is C23H20FN7O. The molecule has 1 aliphatic rings. The molecule has 0 aliphatic carbocycles. The first-order valence-electron chi connectivity index (χ1n) is 10.1. The lowest BCUT2D eigenvalue weighted by molar-refractivity contribution is 0.226. The van der Waals surface area contributed by atoms with Crippen molar-refractivity contribution in [1.82, 2.24) is 24.5 Å². The monoisotopic (exact) mass is 429 g/mol. The first-order chi connectivity index (χ1) is 15.4. The van der Waals surface area contributed by atoms with Crippen LogP contribution in [0.15, 0.2) is 36.5 Å². The third kappa shape index (κ3) is 3.08. The van der Waals surface area contributed by atoms with Gasteiger partial charge in [-0.3, -0.25) is 4.68 Å². The molecule has 0 saturated heterocycles. The lowest BCUT2D eigenvalue weighted by Gasteiger charge is -2.21. The van der Waals surface area contributed by atoms with Crippen LogP contribution in [0.25, 0.3) is 16.8 Å². The second-order valence-electron chi connectivity index (χ2n) is 7.84. The number of benzene rings is 1. The van der Waals surface area contributed by atoms with Gasteiger partial charge < -0.3 is 10.5 Å². The van der Waals surface area contributed by atoms with E-state index in [0.717, 1.165) is 17.1 Å². The Hall–Kier alpha value is -4.19. The maximum absolute atomic E-state index is 14.2. The van der Waals surface area contributed by atoms with Crippen molar-refractivity contribution in [2.24, 2.45) is 7.05 Å². The zero-order valence-corrected chi connectivity index (χ0v) is 17.8. The highest BCUT2D eigenvalue weighted by Gasteiger charge is 2.25. The minimum Gasteiger partial charge on any atom is -0.482 e. The molecule has 9 heteroatoms. The molecule has 32 heavy (non-hydrogen) atoms. The van der Waals surface area contributed by atoms with Crippen molar-refractivity contribution in [3.8, 4) is 28.6 Å². The van der Waals surface area contributed by atoms with Crippen LogP contribution in [-0.4, -0.2) is 24.5 Å². The molecule has 4 aromatic rings. The SMILES string of the molecule is Cc1cc2n(n1)-c1ccc(F)cc1[C@@H](C)Oc1cc(cnc1N)-c1c(C#N)nn(C)c1C2. The predicted octanol–water partition coefficient (Wildman–Crippen LogP) is 3.61. The highest BCUT2D eigenvalue weighted by atomic mass is 19.1. The molecule has 0 fully saturated rings. The molecule has 2 N–H and O–H groups in total. The molecule has 0 radical (unpaired) electrons. The van der Waals surface area contributed by atoms with Crippen molar-refractivity contribution in [2.75, 3.05) is 5.73 Å². The number of aromatic nitrogens is 5. The highest BCUT2D eigenvalue weighted by Crippen LogP contribution is 2.37. The van der Waals surface area contributed by atoms with Gasteiger partial charge in [0.25, 0.3) is 0 Å². The zero-order chi connectivity index (χ0) is 22.6. The predicted molar refractivity (Wildman–Crippen MR) is 116 cm³/mol. The molecule has 0 unspecified atom stereocenters. The number of nitrogens with zero attached hydrogens (tertiary/aromatic N) is 6. The van der Waals surface area contributed by atoms with Gasteiger partial charge in [0.1, 0.15) is 18.0 Å². The number of halogens is 1. The molecule has 0 spiro atoms. The first kappa shape index (κ1) is 19.8. The summed E-state index contributed by atoms with van der Waals surface area (Å²) in [6, 6.07) is 10.4. The maximum atomic E-state index is 14.2. The summed E-state index contributed by atoms with van der Waals surface area (Å²) in [7, 11) is 1.80. The Morgan fingerprint density at radius 3 is 2.84 bits per heavy atom. The molecule has 0 saturated carbocycles. The number of ether oxygens (including phenoxy) is 1. The Balaban J connectivity index is 1.85. The van der Waals surface area contributed by atoms with E-state index in [-0.39, 0.29) is 17.3 Å². The topological polar surface area (TPSA) is 108 Å². The minimum absolute atomic E-state index is 0.204. The molecular weight excluding hydrogens is 409 g/mol. The second kappa shape index (κ2) is 7.20. The summed E-state index contributed by atoms with van der Waals surface area (Å²) in [5, 5.41) is 18.8. The van der Waals surface area contributed by atoms with Gasteiger partial charge in [0, 0.05) is 36.4 Å². The number of aryl methyl sites for hydroxylation is 2. The fourth-order valence-electron chi connectivity index (χ4n) is 4.19. The van der Waals surface area contributed by atoms with E-state index < -0.39 is 6.10 Å². The Morgan fingerprint density at radius 2 is 2.06 bits per heavy atom. The van der Waals surface area contributed by atoms with E-state index in [9.17, 15) is 9.65 Å². The summed E-state index contributed by atoms with van der Waals surface area (Å²) >= 11 is 0. The van der Waals surface area contributed by atoms with E-state index in [0.29, 0.717) is 34.5 Å². The molecule has 8 nitrogen and oxygen atoms in total. The third-order valence-electron chi connectivity index (χ3n) is 5.66. The van der Waals surface area contributed by atoms with Gasteiger partial charge in [-0.15, -0.1) is 0 Å². The number of anilines is 1. The van der Waals surface area contributed by atoms with E-state index in [4.69, 9.17) is 10.5 Å². The number of fused-ring (bicyclic) bond motifs is 7. The van der Waals surface area contributed by atoms with Crippen molar-refractivity contribution >= 4 is 5.82 Å². The van der Waals surface area contributed by atoms with Gasteiger partial charge in [-0.2, -0.15) is 15.5 Å². The fraction of sp³-hybridized carbons (Fsp3) is 0.217. The number of rotatable bonds is 0. The smallest absolute Gasteiger partial charge is 0.170 e. The van der Waals surface area contributed by atoms with Crippen LogP contribution in [0.2, 0.25) is 0 Å². The lowest BCUT2D eigenvalue weighted by Crippen LogP contribution is -2.14. The summed E-state index contributed by atoms with van der Waals surface area (Å²) in [5.74, 6) is 0.181. The number of hydrogen-bond donors (Lipinski definition) is 1. The Kier molecular flexibility index (Phi) is 4.44. The zero-order valence-electron chi connectivity index (χ0n) is 17.8. The van der Waals surface area contributed by atoms with Gasteiger partial charge >= 0.3 is 0 Å². The first-order valence-corrected chi connectivity index (χ1v) is 10.1. The maximum Gasteiger partial charge on any atom is 0.170 e. The molecule has 160 valence electrons. The van der Waals surface area contributed by atoms with Gasteiger partial charge in [0.2, 0.25) is 0 Å². The molecule has 0 amide bonds. The molecule has 3 aromatic heterocycles. The number of nitrogens with two attached hydrogens (primary N) is 1. The van der Waals surface area contributed by atoms with Crippen molar-refractivity contribution in [3.63, 3.8) is 0 Å². The van der Waals surface area contributed by atoms with E-state index in [2.05, 4.69) is 21.3 Å². The van der Waals surface area contributed by atoms with Crippen LogP contribution in [0.3, 0.4) is 0 Å². The van der Waals surface area contributed by atoms with Gasteiger partial charge in [-0.25, -0.2) is 14.1 Å². The van der Waals surface area contributed by atoms with E-state index in [1.807, 2.05) is 19.9 Å². The molecule has 5 rings (SSSR count). The average Bonchev–Trinajstić information content (AvgIpc) is 3.28. The van der Waals surface area contributed by atoms with Gasteiger partial charge in [-0.05, 0) is 44.2 Å². The summed E-state index contributed by atoms with van der Waals surface area (Å²) < 4.78 is 23.9. The summed E-state index contributed by atoms with van der Waals surface area (Å²) in [4.78, 5) is 4.28. The minimum atomic E-state index is -0.541. The van der Waals surface area contributed by atoms with Crippen LogP contribution >= 0.6 is 0 Å². The van der Waals surface area contributed by atoms with Crippen LogP contribution in [0.5, 0.6) is 5.75 Å². The Labute approximate surface area is 183 Å². The van der Waals surface area contributed by atoms with Crippen LogP contribution in [0.4, 0.5) is 10.2 Å². The standard InChI is InChI=1S/C23H20FN7O/c1-12-6-16-9-20-22(18(10-25)29-30(20)3)14-7-21(23(26)27-11-14)32-13(2)17-8-15(24)4-5-19(17)31(16)28-12/h4-8,11,13H,9H2,1-3H3,(H2,26,27)/t13-/m1/s1. The Bertz CT molecular complexity index is 1410. The summed E-state index contributed by atoms with van der Waals surface area (Å²) in [6.07, 6.45) is 1.52. The summed E-state index contributed by atoms with van der Waals surface area (Å²) in [5.41, 5.74) is 11.6. The van der Waals surface area contributed by atoms with E-state index in [1.54, 1.807) is 34.7 Å². The van der Waals surface area contributed by atoms with Gasteiger partial charge in [-0.1, -0.05) is 0 Å². The normalized spacial score (nSPS) is 14.8. The quantitative estimate of drug-likeness (QED) is 0.458. The van der Waals surface area contributed by atoms with E-state index >= 15 is 0 Å². The van der Waals surface area contributed by atoms with Crippen molar-refractivity contribution in [2.45, 2.75) is 26.4 Å². The molecule has 4 heterocycles. The number of nitrogen functional groups attached to an aromatic ring is 1. The number of nitriles is 1. The van der Waals surface area contributed by atoms with Crippen molar-refractivity contribution < 1.29 is 9.13 Å².